The van der Waals surface area contributed by atoms with Crippen molar-refractivity contribution >= 4 is 33.0 Å². The number of halogens is 1. The van der Waals surface area contributed by atoms with Gasteiger partial charge in [0.05, 0.1) is 5.69 Å². The molecule has 1 N–H and O–H groups in total. The van der Waals surface area contributed by atoms with E-state index in [1.165, 1.54) is 5.56 Å². The molecule has 0 unspecified atom stereocenters. The number of nitrogens with one attached hydrogen (secondary N) is 1. The van der Waals surface area contributed by atoms with Crippen molar-refractivity contribution in [3.63, 3.8) is 0 Å². The van der Waals surface area contributed by atoms with Crippen LogP contribution in [0.1, 0.15) is 17.7 Å². The van der Waals surface area contributed by atoms with Crippen molar-refractivity contribution in [1.29, 1.82) is 0 Å². The summed E-state index contributed by atoms with van der Waals surface area (Å²) in [6.07, 6.45) is 1.58. The molecule has 4 nitrogen and oxygen atoms in total. The lowest BCUT2D eigenvalue weighted by molar-refractivity contribution is 0.580. The molecule has 0 amide bonds. The first-order valence-corrected chi connectivity index (χ1v) is 8.83. The third-order valence-electron chi connectivity index (χ3n) is 2.75. The summed E-state index contributed by atoms with van der Waals surface area (Å²) in [4.78, 5) is 3.92. The Morgan fingerprint density at radius 2 is 2.00 bits per heavy atom. The predicted molar refractivity (Wildman–Crippen MR) is 81.8 cm³/mol. The van der Waals surface area contributed by atoms with Gasteiger partial charge in [-0.3, -0.25) is 0 Å². The number of thiazole rings is 1. The Labute approximate surface area is 127 Å². The Morgan fingerprint density at radius 3 is 2.60 bits per heavy atom. The summed E-state index contributed by atoms with van der Waals surface area (Å²) in [6, 6.07) is 9.97. The van der Waals surface area contributed by atoms with Crippen molar-refractivity contribution in [3.8, 4) is 0 Å². The van der Waals surface area contributed by atoms with Crippen LogP contribution in [0.25, 0.3) is 0 Å². The number of benzene rings is 1. The average Bonchev–Trinajstić information content (AvgIpc) is 2.76. The van der Waals surface area contributed by atoms with E-state index in [0.29, 0.717) is 12.2 Å². The fraction of sp³-hybridized carbons (Fsp3) is 0.308. The van der Waals surface area contributed by atoms with Gasteiger partial charge in [0, 0.05) is 6.54 Å². The Morgan fingerprint density at radius 1 is 1.30 bits per heavy atom. The molecular formula is C13H15ClN2O2S2. The van der Waals surface area contributed by atoms with Gasteiger partial charge >= 0.3 is 0 Å². The van der Waals surface area contributed by atoms with Crippen LogP contribution >= 0.6 is 22.9 Å². The monoisotopic (exact) mass is 330 g/mol. The van der Waals surface area contributed by atoms with Crippen LogP contribution in [0.2, 0.25) is 4.47 Å². The Bertz CT molecular complexity index is 669. The van der Waals surface area contributed by atoms with Gasteiger partial charge in [-0.15, -0.1) is 0 Å². The first-order valence-electron chi connectivity index (χ1n) is 6.15. The largest absolute Gasteiger partial charge is 0.251 e. The van der Waals surface area contributed by atoms with Gasteiger partial charge in [0.2, 0.25) is 0 Å². The van der Waals surface area contributed by atoms with Gasteiger partial charge in [0.25, 0.3) is 10.0 Å². The minimum atomic E-state index is -3.50. The number of hydrogen-bond acceptors (Lipinski definition) is 4. The van der Waals surface area contributed by atoms with Crippen molar-refractivity contribution in [2.75, 3.05) is 6.54 Å². The normalized spacial score (nSPS) is 11.7. The lowest BCUT2D eigenvalue weighted by atomic mass is 10.1. The molecular weight excluding hydrogens is 316 g/mol. The molecule has 0 spiro atoms. The number of sulfonamides is 1. The van der Waals surface area contributed by atoms with Crippen LogP contribution in [0.4, 0.5) is 0 Å². The molecule has 20 heavy (non-hydrogen) atoms. The highest BCUT2D eigenvalue weighted by Crippen LogP contribution is 2.26. The third-order valence-corrected chi connectivity index (χ3v) is 6.08. The smallest absolute Gasteiger partial charge is 0.229 e. The second-order valence-electron chi connectivity index (χ2n) is 4.33. The van der Waals surface area contributed by atoms with Crippen molar-refractivity contribution < 1.29 is 8.42 Å². The average molecular weight is 331 g/mol. The summed E-state index contributed by atoms with van der Waals surface area (Å²) >= 11 is 6.71. The molecule has 0 radical (unpaired) electrons. The van der Waals surface area contributed by atoms with Gasteiger partial charge in [0.15, 0.2) is 8.68 Å². The predicted octanol–water partition coefficient (Wildman–Crippen LogP) is 3.02. The number of aryl methyl sites for hydroxylation is 2. The van der Waals surface area contributed by atoms with Crippen LogP contribution in [0.15, 0.2) is 34.5 Å². The molecule has 7 heteroatoms. The van der Waals surface area contributed by atoms with E-state index in [4.69, 9.17) is 11.6 Å². The molecule has 1 aromatic heterocycles. The SMILES string of the molecule is Cc1nc(Cl)sc1S(=O)(=O)NCCCc1ccccc1. The quantitative estimate of drug-likeness (QED) is 0.828. The molecule has 0 aliphatic heterocycles. The lowest BCUT2D eigenvalue weighted by Gasteiger charge is -2.05. The summed E-state index contributed by atoms with van der Waals surface area (Å²) in [7, 11) is -3.50. The number of rotatable bonds is 6. The minimum absolute atomic E-state index is 0.196. The summed E-state index contributed by atoms with van der Waals surface area (Å²) in [6.45, 7) is 2.03. The molecule has 0 fully saturated rings. The van der Waals surface area contributed by atoms with Crippen LogP contribution < -0.4 is 4.72 Å². The zero-order chi connectivity index (χ0) is 14.6. The maximum atomic E-state index is 12.1. The van der Waals surface area contributed by atoms with Gasteiger partial charge in [-0.05, 0) is 25.3 Å². The van der Waals surface area contributed by atoms with Gasteiger partial charge in [-0.2, -0.15) is 0 Å². The standard InChI is InChI=1S/C13H15ClN2O2S2/c1-10-12(19-13(14)16-10)20(17,18)15-9-5-8-11-6-3-2-4-7-11/h2-4,6-7,15H,5,8-9H2,1H3. The molecule has 0 aliphatic rings. The fourth-order valence-corrected chi connectivity index (χ4v) is 4.66. The van der Waals surface area contributed by atoms with Crippen molar-refractivity contribution in [1.82, 2.24) is 9.71 Å². The third kappa shape index (κ3) is 4.02. The van der Waals surface area contributed by atoms with Gasteiger partial charge in [-0.25, -0.2) is 18.1 Å². The van der Waals surface area contributed by atoms with Gasteiger partial charge in [0.1, 0.15) is 0 Å². The summed E-state index contributed by atoms with van der Waals surface area (Å²) in [5, 5.41) is 0. The molecule has 108 valence electrons. The first kappa shape index (κ1) is 15.4. The minimum Gasteiger partial charge on any atom is -0.229 e. The maximum absolute atomic E-state index is 12.1. The lowest BCUT2D eigenvalue weighted by Crippen LogP contribution is -2.25. The highest BCUT2D eigenvalue weighted by atomic mass is 35.5. The zero-order valence-corrected chi connectivity index (χ0v) is 13.4. The van der Waals surface area contributed by atoms with E-state index >= 15 is 0 Å². The van der Waals surface area contributed by atoms with Crippen LogP contribution in [0.3, 0.4) is 0 Å². The highest BCUT2D eigenvalue weighted by molar-refractivity contribution is 7.91. The van der Waals surface area contributed by atoms with E-state index in [1.54, 1.807) is 6.92 Å². The molecule has 0 saturated carbocycles. The molecule has 0 aliphatic carbocycles. The molecule has 1 heterocycles. The number of nitrogens with zero attached hydrogens (tertiary/aromatic N) is 1. The molecule has 2 aromatic rings. The molecule has 0 atom stereocenters. The topological polar surface area (TPSA) is 59.1 Å². The van der Waals surface area contributed by atoms with Gasteiger partial charge < -0.3 is 0 Å². The van der Waals surface area contributed by atoms with Crippen LogP contribution in [0.5, 0.6) is 0 Å². The first-order chi connectivity index (χ1) is 9.49. The number of hydrogen-bond donors (Lipinski definition) is 1. The van der Waals surface area contributed by atoms with Crippen LogP contribution in [-0.4, -0.2) is 19.9 Å². The zero-order valence-electron chi connectivity index (χ0n) is 11.0. The Balaban J connectivity index is 1.89. The summed E-state index contributed by atoms with van der Waals surface area (Å²) < 4.78 is 27.2. The van der Waals surface area contributed by atoms with Crippen molar-refractivity contribution in [3.05, 3.63) is 46.1 Å². The molecule has 2 rings (SSSR count). The van der Waals surface area contributed by atoms with Gasteiger partial charge in [-0.1, -0.05) is 53.3 Å². The Kier molecular flexibility index (Phi) is 5.15. The number of aromatic nitrogens is 1. The van der Waals surface area contributed by atoms with E-state index in [-0.39, 0.29) is 8.68 Å². The van der Waals surface area contributed by atoms with Crippen molar-refractivity contribution in [2.24, 2.45) is 0 Å². The fourth-order valence-electron chi connectivity index (χ4n) is 1.81. The summed E-state index contributed by atoms with van der Waals surface area (Å²) in [5.41, 5.74) is 1.64. The van der Waals surface area contributed by atoms with Crippen molar-refractivity contribution in [2.45, 2.75) is 24.0 Å². The van der Waals surface area contributed by atoms with E-state index < -0.39 is 10.0 Å². The second kappa shape index (κ2) is 6.67. The van der Waals surface area contributed by atoms with Crippen LogP contribution in [0, 0.1) is 6.92 Å². The van der Waals surface area contributed by atoms with E-state index in [0.717, 1.165) is 24.2 Å². The molecule has 0 saturated heterocycles. The maximum Gasteiger partial charge on any atom is 0.251 e. The molecule has 0 bridgehead atoms. The highest BCUT2D eigenvalue weighted by Gasteiger charge is 2.20. The van der Waals surface area contributed by atoms with E-state index in [2.05, 4.69) is 9.71 Å². The Hall–Kier alpha value is -0.950. The second-order valence-corrected chi connectivity index (χ2v) is 7.87. The van der Waals surface area contributed by atoms with Crippen LogP contribution in [-0.2, 0) is 16.4 Å². The van der Waals surface area contributed by atoms with E-state index in [9.17, 15) is 8.42 Å². The summed E-state index contributed by atoms with van der Waals surface area (Å²) in [5.74, 6) is 0. The molecule has 1 aromatic carbocycles. The van der Waals surface area contributed by atoms with E-state index in [1.807, 2.05) is 30.3 Å².